The van der Waals surface area contributed by atoms with E-state index in [0.29, 0.717) is 16.8 Å². The molecule has 0 saturated carbocycles. The fourth-order valence-electron chi connectivity index (χ4n) is 3.06. The standard InChI is InChI=1S/C21H15NO3/c1-12-6-8-14(9-7-12)22-17-11-18(23)21(25)19-16(17)10-13-4-2-3-5-15(13)20(19)24/h2-11,22,25H,1H3. The Morgan fingerprint density at radius 1 is 0.920 bits per heavy atom. The topological polar surface area (TPSA) is 66.4 Å². The monoisotopic (exact) mass is 329 g/mol. The number of aryl methyl sites for hydroxylation is 1. The van der Waals surface area contributed by atoms with E-state index in [0.717, 1.165) is 16.8 Å². The van der Waals surface area contributed by atoms with E-state index < -0.39 is 11.5 Å². The summed E-state index contributed by atoms with van der Waals surface area (Å²) in [6, 6.07) is 14.9. The molecule has 0 saturated heterocycles. The highest BCUT2D eigenvalue weighted by Gasteiger charge is 2.34. The summed E-state index contributed by atoms with van der Waals surface area (Å²) < 4.78 is 0. The third kappa shape index (κ3) is 2.48. The molecule has 0 atom stereocenters. The van der Waals surface area contributed by atoms with Crippen molar-refractivity contribution in [2.75, 3.05) is 5.32 Å². The fraction of sp³-hybridized carbons (Fsp3) is 0.0476. The van der Waals surface area contributed by atoms with Gasteiger partial charge < -0.3 is 10.4 Å². The van der Waals surface area contributed by atoms with Gasteiger partial charge in [0.25, 0.3) is 0 Å². The number of rotatable bonds is 2. The number of hydrogen-bond donors (Lipinski definition) is 2. The third-order valence-electron chi connectivity index (χ3n) is 4.37. The van der Waals surface area contributed by atoms with Gasteiger partial charge in [0.1, 0.15) is 0 Å². The molecule has 0 radical (unpaired) electrons. The third-order valence-corrected chi connectivity index (χ3v) is 4.37. The summed E-state index contributed by atoms with van der Waals surface area (Å²) in [5.41, 5.74) is 4.27. The second kappa shape index (κ2) is 5.60. The number of allylic oxidation sites excluding steroid dienone is 2. The lowest BCUT2D eigenvalue weighted by Crippen LogP contribution is -2.24. The predicted molar refractivity (Wildman–Crippen MR) is 96.3 cm³/mol. The van der Waals surface area contributed by atoms with E-state index in [9.17, 15) is 14.7 Å². The molecule has 4 heteroatoms. The minimum atomic E-state index is -0.575. The minimum Gasteiger partial charge on any atom is -0.504 e. The number of benzene rings is 2. The summed E-state index contributed by atoms with van der Waals surface area (Å²) in [7, 11) is 0. The Balaban J connectivity index is 1.83. The average Bonchev–Trinajstić information content (AvgIpc) is 2.61. The summed E-state index contributed by atoms with van der Waals surface area (Å²) in [6.45, 7) is 1.99. The van der Waals surface area contributed by atoms with Crippen LogP contribution in [0.4, 0.5) is 5.69 Å². The fourth-order valence-corrected chi connectivity index (χ4v) is 3.06. The van der Waals surface area contributed by atoms with Gasteiger partial charge in [0.2, 0.25) is 5.78 Å². The van der Waals surface area contributed by atoms with Gasteiger partial charge in [0, 0.05) is 22.9 Å². The molecule has 0 amide bonds. The smallest absolute Gasteiger partial charge is 0.223 e. The van der Waals surface area contributed by atoms with Crippen LogP contribution in [-0.2, 0) is 4.79 Å². The van der Waals surface area contributed by atoms with Gasteiger partial charge in [-0.2, -0.15) is 0 Å². The van der Waals surface area contributed by atoms with Gasteiger partial charge in [-0.1, -0.05) is 42.0 Å². The van der Waals surface area contributed by atoms with E-state index in [1.54, 1.807) is 12.1 Å². The number of ketones is 2. The van der Waals surface area contributed by atoms with Gasteiger partial charge in [0.05, 0.1) is 11.3 Å². The highest BCUT2D eigenvalue weighted by Crippen LogP contribution is 2.37. The van der Waals surface area contributed by atoms with E-state index >= 15 is 0 Å². The van der Waals surface area contributed by atoms with Crippen LogP contribution in [0.5, 0.6) is 0 Å². The van der Waals surface area contributed by atoms with E-state index in [2.05, 4.69) is 5.32 Å². The zero-order valence-corrected chi connectivity index (χ0v) is 13.5. The summed E-state index contributed by atoms with van der Waals surface area (Å²) in [5, 5.41) is 13.4. The maximum Gasteiger partial charge on any atom is 0.223 e. The maximum absolute atomic E-state index is 12.8. The summed E-state index contributed by atoms with van der Waals surface area (Å²) in [4.78, 5) is 24.9. The first-order valence-corrected chi connectivity index (χ1v) is 7.94. The van der Waals surface area contributed by atoms with Gasteiger partial charge in [0.15, 0.2) is 11.5 Å². The molecular weight excluding hydrogens is 314 g/mol. The Morgan fingerprint density at radius 3 is 2.40 bits per heavy atom. The van der Waals surface area contributed by atoms with Crippen LogP contribution in [0.3, 0.4) is 0 Å². The summed E-state index contributed by atoms with van der Waals surface area (Å²) in [6.07, 6.45) is 3.15. The number of anilines is 1. The molecule has 0 fully saturated rings. The first-order chi connectivity index (χ1) is 12.0. The number of Topliss-reactive ketones (excluding diaryl/α,β-unsaturated/α-hetero) is 1. The molecule has 0 unspecified atom stereocenters. The molecular formula is C21H15NO3. The number of nitrogens with one attached hydrogen (secondary N) is 1. The lowest BCUT2D eigenvalue weighted by atomic mass is 9.81. The highest BCUT2D eigenvalue weighted by molar-refractivity contribution is 6.24. The van der Waals surface area contributed by atoms with Gasteiger partial charge >= 0.3 is 0 Å². The Morgan fingerprint density at radius 2 is 1.64 bits per heavy atom. The molecule has 122 valence electrons. The zero-order valence-electron chi connectivity index (χ0n) is 13.5. The Labute approximate surface area is 144 Å². The number of aliphatic hydroxyl groups is 1. The molecule has 0 bridgehead atoms. The SMILES string of the molecule is Cc1ccc(NC2=CC(=O)C(O)=C3C(=O)c4ccccc4C=C23)cc1. The first kappa shape index (κ1) is 15.1. The number of fused-ring (bicyclic) bond motifs is 2. The van der Waals surface area contributed by atoms with Crippen molar-refractivity contribution in [1.82, 2.24) is 0 Å². The van der Waals surface area contributed by atoms with Crippen LogP contribution in [0.15, 0.2) is 77.2 Å². The molecule has 2 aliphatic carbocycles. The molecule has 2 aromatic carbocycles. The molecule has 2 N–H and O–H groups in total. The molecule has 4 rings (SSSR count). The second-order valence-corrected chi connectivity index (χ2v) is 6.11. The minimum absolute atomic E-state index is 0.0563. The molecule has 4 nitrogen and oxygen atoms in total. The number of aliphatic hydroxyl groups excluding tert-OH is 1. The van der Waals surface area contributed by atoms with E-state index in [1.165, 1.54) is 6.08 Å². The number of hydrogen-bond acceptors (Lipinski definition) is 4. The lowest BCUT2D eigenvalue weighted by Gasteiger charge is -2.25. The highest BCUT2D eigenvalue weighted by atomic mass is 16.3. The van der Waals surface area contributed by atoms with E-state index in [-0.39, 0.29) is 11.4 Å². The van der Waals surface area contributed by atoms with Gasteiger partial charge in [-0.3, -0.25) is 9.59 Å². The molecule has 2 aliphatic rings. The lowest BCUT2D eigenvalue weighted by molar-refractivity contribution is -0.113. The van der Waals surface area contributed by atoms with E-state index in [1.807, 2.05) is 49.4 Å². The van der Waals surface area contributed by atoms with Crippen molar-refractivity contribution in [3.05, 3.63) is 93.9 Å². The van der Waals surface area contributed by atoms with Crippen LogP contribution in [0, 0.1) is 6.92 Å². The Kier molecular flexibility index (Phi) is 3.39. The van der Waals surface area contributed by atoms with Gasteiger partial charge in [-0.05, 0) is 30.7 Å². The molecule has 25 heavy (non-hydrogen) atoms. The van der Waals surface area contributed by atoms with Crippen molar-refractivity contribution in [1.29, 1.82) is 0 Å². The van der Waals surface area contributed by atoms with Crippen molar-refractivity contribution in [3.8, 4) is 0 Å². The van der Waals surface area contributed by atoms with Crippen LogP contribution >= 0.6 is 0 Å². The van der Waals surface area contributed by atoms with Crippen molar-refractivity contribution >= 4 is 23.3 Å². The summed E-state index contributed by atoms with van der Waals surface area (Å²) in [5.74, 6) is -1.41. The largest absolute Gasteiger partial charge is 0.504 e. The molecule has 0 aromatic heterocycles. The number of carbonyl (C=O) groups excluding carboxylic acids is 2. The first-order valence-electron chi connectivity index (χ1n) is 7.94. The zero-order chi connectivity index (χ0) is 17.6. The molecule has 0 aliphatic heterocycles. The van der Waals surface area contributed by atoms with E-state index in [4.69, 9.17) is 0 Å². The van der Waals surface area contributed by atoms with Crippen LogP contribution < -0.4 is 5.32 Å². The van der Waals surface area contributed by atoms with Gasteiger partial charge in [-0.25, -0.2) is 0 Å². The predicted octanol–water partition coefficient (Wildman–Crippen LogP) is 3.97. The summed E-state index contributed by atoms with van der Waals surface area (Å²) >= 11 is 0. The van der Waals surface area contributed by atoms with Crippen molar-refractivity contribution < 1.29 is 14.7 Å². The maximum atomic E-state index is 12.8. The number of carbonyl (C=O) groups is 2. The Bertz CT molecular complexity index is 1010. The quantitative estimate of drug-likeness (QED) is 0.875. The van der Waals surface area contributed by atoms with Crippen molar-refractivity contribution in [3.63, 3.8) is 0 Å². The molecule has 2 aromatic rings. The van der Waals surface area contributed by atoms with Gasteiger partial charge in [-0.15, -0.1) is 0 Å². The molecule has 0 spiro atoms. The second-order valence-electron chi connectivity index (χ2n) is 6.11. The van der Waals surface area contributed by atoms with Crippen molar-refractivity contribution in [2.24, 2.45) is 0 Å². The average molecular weight is 329 g/mol. The van der Waals surface area contributed by atoms with Crippen LogP contribution in [0.2, 0.25) is 0 Å². The Hall–Kier alpha value is -3.40. The van der Waals surface area contributed by atoms with Crippen molar-refractivity contribution in [2.45, 2.75) is 6.92 Å². The van der Waals surface area contributed by atoms with Crippen LogP contribution in [-0.4, -0.2) is 16.7 Å². The van der Waals surface area contributed by atoms with Crippen LogP contribution in [0.25, 0.3) is 6.08 Å². The molecule has 0 heterocycles. The normalized spacial score (nSPS) is 16.0. The van der Waals surface area contributed by atoms with Crippen LogP contribution in [0.1, 0.15) is 21.5 Å².